The smallest absolute Gasteiger partial charge is 0.315 e. The van der Waals surface area contributed by atoms with E-state index in [2.05, 4.69) is 33.4 Å². The standard InChI is InChI=1S/C15H22N4OS/c1-4-6-16-15(20)18-14-5-7-19(9-11(14)2)10-13-8-17-12(3)21-13/h1,8,11,14H,5-7,9-10H2,2-3H3,(H2,16,18,20). The molecule has 2 atom stereocenters. The van der Waals surface area contributed by atoms with Crippen molar-refractivity contribution in [3.05, 3.63) is 16.1 Å². The van der Waals surface area contributed by atoms with Crippen LogP contribution in [0.2, 0.25) is 0 Å². The molecule has 2 unspecified atom stereocenters. The third-order valence-electron chi connectivity index (χ3n) is 3.71. The normalized spacial score (nSPS) is 22.5. The number of nitrogens with one attached hydrogen (secondary N) is 2. The fourth-order valence-corrected chi connectivity index (χ4v) is 3.48. The Morgan fingerprint density at radius 1 is 1.67 bits per heavy atom. The molecule has 1 aromatic rings. The number of hydrogen-bond acceptors (Lipinski definition) is 4. The van der Waals surface area contributed by atoms with E-state index in [-0.39, 0.29) is 18.6 Å². The summed E-state index contributed by atoms with van der Waals surface area (Å²) in [5, 5.41) is 6.77. The Balaban J connectivity index is 1.79. The number of thiazole rings is 1. The second kappa shape index (κ2) is 7.43. The van der Waals surface area contributed by atoms with Crippen LogP contribution in [0.25, 0.3) is 0 Å². The van der Waals surface area contributed by atoms with Crippen molar-refractivity contribution in [3.63, 3.8) is 0 Å². The van der Waals surface area contributed by atoms with Gasteiger partial charge in [0.25, 0.3) is 0 Å². The number of amides is 2. The topological polar surface area (TPSA) is 57.3 Å². The maximum absolute atomic E-state index is 11.7. The van der Waals surface area contributed by atoms with Crippen LogP contribution in [0.1, 0.15) is 23.2 Å². The van der Waals surface area contributed by atoms with Crippen molar-refractivity contribution in [2.24, 2.45) is 5.92 Å². The summed E-state index contributed by atoms with van der Waals surface area (Å²) in [5.74, 6) is 2.82. The first-order valence-corrected chi connectivity index (χ1v) is 8.01. The molecule has 0 bridgehead atoms. The molecule has 1 fully saturated rings. The van der Waals surface area contributed by atoms with E-state index in [1.54, 1.807) is 11.3 Å². The second-order valence-corrected chi connectivity index (χ2v) is 6.80. The number of urea groups is 1. The van der Waals surface area contributed by atoms with Crippen LogP contribution in [0.3, 0.4) is 0 Å². The summed E-state index contributed by atoms with van der Waals surface area (Å²) in [5.41, 5.74) is 0. The zero-order valence-corrected chi connectivity index (χ0v) is 13.4. The van der Waals surface area contributed by atoms with Gasteiger partial charge in [0, 0.05) is 36.8 Å². The van der Waals surface area contributed by atoms with Gasteiger partial charge >= 0.3 is 6.03 Å². The van der Waals surface area contributed by atoms with E-state index in [0.29, 0.717) is 5.92 Å². The Morgan fingerprint density at radius 3 is 3.10 bits per heavy atom. The Labute approximate surface area is 130 Å². The van der Waals surface area contributed by atoms with Gasteiger partial charge in [0.15, 0.2) is 0 Å². The molecule has 0 aliphatic carbocycles. The van der Waals surface area contributed by atoms with Gasteiger partial charge in [0.1, 0.15) is 0 Å². The first-order chi connectivity index (χ1) is 10.1. The molecule has 1 saturated heterocycles. The maximum atomic E-state index is 11.7. The van der Waals surface area contributed by atoms with Gasteiger partial charge in [-0.1, -0.05) is 12.8 Å². The second-order valence-electron chi connectivity index (χ2n) is 5.48. The molecule has 0 saturated carbocycles. The largest absolute Gasteiger partial charge is 0.335 e. The molecule has 21 heavy (non-hydrogen) atoms. The summed E-state index contributed by atoms with van der Waals surface area (Å²) in [4.78, 5) is 19.7. The highest BCUT2D eigenvalue weighted by molar-refractivity contribution is 7.11. The maximum Gasteiger partial charge on any atom is 0.315 e. The van der Waals surface area contributed by atoms with E-state index in [0.717, 1.165) is 31.1 Å². The van der Waals surface area contributed by atoms with Crippen molar-refractivity contribution in [3.8, 4) is 12.3 Å². The lowest BCUT2D eigenvalue weighted by atomic mass is 9.94. The molecule has 2 amide bonds. The first-order valence-electron chi connectivity index (χ1n) is 7.20. The number of rotatable bonds is 4. The molecule has 2 N–H and O–H groups in total. The van der Waals surface area contributed by atoms with E-state index in [9.17, 15) is 4.79 Å². The molecule has 2 rings (SSSR count). The molecular formula is C15H22N4OS. The van der Waals surface area contributed by atoms with Crippen LogP contribution in [0, 0.1) is 25.2 Å². The molecule has 1 aliphatic rings. The molecule has 5 nitrogen and oxygen atoms in total. The summed E-state index contributed by atoms with van der Waals surface area (Å²) >= 11 is 1.75. The Kier molecular flexibility index (Phi) is 5.59. The minimum absolute atomic E-state index is 0.170. The van der Waals surface area contributed by atoms with Crippen molar-refractivity contribution in [2.75, 3.05) is 19.6 Å². The van der Waals surface area contributed by atoms with Crippen LogP contribution in [-0.2, 0) is 6.54 Å². The van der Waals surface area contributed by atoms with Gasteiger partial charge in [0.2, 0.25) is 0 Å². The van der Waals surface area contributed by atoms with E-state index in [4.69, 9.17) is 6.42 Å². The average Bonchev–Trinajstić information content (AvgIpc) is 2.85. The highest BCUT2D eigenvalue weighted by Crippen LogP contribution is 2.21. The van der Waals surface area contributed by atoms with Gasteiger partial charge < -0.3 is 10.6 Å². The minimum atomic E-state index is -0.170. The number of piperidine rings is 1. The van der Waals surface area contributed by atoms with Crippen LogP contribution >= 0.6 is 11.3 Å². The number of terminal acetylenes is 1. The molecule has 2 heterocycles. The number of aryl methyl sites for hydroxylation is 1. The summed E-state index contributed by atoms with van der Waals surface area (Å²) in [6.07, 6.45) is 8.05. The zero-order chi connectivity index (χ0) is 15.2. The lowest BCUT2D eigenvalue weighted by molar-refractivity contribution is 0.143. The monoisotopic (exact) mass is 306 g/mol. The Morgan fingerprint density at radius 2 is 2.48 bits per heavy atom. The van der Waals surface area contributed by atoms with Crippen molar-refractivity contribution in [2.45, 2.75) is 32.9 Å². The van der Waals surface area contributed by atoms with Crippen molar-refractivity contribution >= 4 is 17.4 Å². The molecule has 1 aromatic heterocycles. The first kappa shape index (κ1) is 15.8. The number of aromatic nitrogens is 1. The van der Waals surface area contributed by atoms with E-state index in [1.165, 1.54) is 4.88 Å². The molecule has 0 radical (unpaired) electrons. The Bertz CT molecular complexity index is 522. The lowest BCUT2D eigenvalue weighted by Gasteiger charge is -2.37. The number of likely N-dealkylation sites (tertiary alicyclic amines) is 1. The fourth-order valence-electron chi connectivity index (χ4n) is 2.64. The van der Waals surface area contributed by atoms with Crippen LogP contribution in [0.4, 0.5) is 4.79 Å². The van der Waals surface area contributed by atoms with Crippen molar-refractivity contribution in [1.82, 2.24) is 20.5 Å². The summed E-state index contributed by atoms with van der Waals surface area (Å²) in [6.45, 7) is 7.39. The van der Waals surface area contributed by atoms with E-state index < -0.39 is 0 Å². The van der Waals surface area contributed by atoms with E-state index in [1.807, 2.05) is 13.1 Å². The predicted octanol–water partition coefficient (Wildman–Crippen LogP) is 1.59. The van der Waals surface area contributed by atoms with E-state index >= 15 is 0 Å². The zero-order valence-electron chi connectivity index (χ0n) is 12.6. The molecule has 6 heteroatoms. The van der Waals surface area contributed by atoms with Gasteiger partial charge in [-0.3, -0.25) is 4.90 Å². The Hall–Kier alpha value is -1.58. The van der Waals surface area contributed by atoms with Gasteiger partial charge in [-0.25, -0.2) is 9.78 Å². The molecule has 114 valence electrons. The molecule has 1 aliphatic heterocycles. The highest BCUT2D eigenvalue weighted by atomic mass is 32.1. The SMILES string of the molecule is C#CCNC(=O)NC1CCN(Cc2cnc(C)s2)CC1C. The number of carbonyl (C=O) groups is 1. The van der Waals surface area contributed by atoms with Gasteiger partial charge in [-0.2, -0.15) is 0 Å². The third-order valence-corrected chi connectivity index (χ3v) is 4.60. The van der Waals surface area contributed by atoms with Gasteiger partial charge in [-0.05, 0) is 19.3 Å². The quantitative estimate of drug-likeness (QED) is 0.831. The lowest BCUT2D eigenvalue weighted by Crippen LogP contribution is -2.52. The van der Waals surface area contributed by atoms with Crippen LogP contribution in [-0.4, -0.2) is 41.6 Å². The molecular weight excluding hydrogens is 284 g/mol. The third kappa shape index (κ3) is 4.73. The van der Waals surface area contributed by atoms with Crippen molar-refractivity contribution in [1.29, 1.82) is 0 Å². The summed E-state index contributed by atoms with van der Waals surface area (Å²) in [7, 11) is 0. The number of carbonyl (C=O) groups excluding carboxylic acids is 1. The number of nitrogens with zero attached hydrogens (tertiary/aromatic N) is 2. The van der Waals surface area contributed by atoms with Gasteiger partial charge in [0.05, 0.1) is 11.6 Å². The predicted molar refractivity (Wildman–Crippen MR) is 85.1 cm³/mol. The van der Waals surface area contributed by atoms with Crippen LogP contribution < -0.4 is 10.6 Å². The van der Waals surface area contributed by atoms with Crippen molar-refractivity contribution < 1.29 is 4.79 Å². The fraction of sp³-hybridized carbons (Fsp3) is 0.600. The summed E-state index contributed by atoms with van der Waals surface area (Å²) in [6, 6.07) is 0.0403. The highest BCUT2D eigenvalue weighted by Gasteiger charge is 2.27. The van der Waals surface area contributed by atoms with Crippen LogP contribution in [0.15, 0.2) is 6.20 Å². The molecule has 0 aromatic carbocycles. The van der Waals surface area contributed by atoms with Crippen LogP contribution in [0.5, 0.6) is 0 Å². The number of hydrogen-bond donors (Lipinski definition) is 2. The summed E-state index contributed by atoms with van der Waals surface area (Å²) < 4.78 is 0. The average molecular weight is 306 g/mol. The molecule has 0 spiro atoms. The minimum Gasteiger partial charge on any atom is -0.335 e. The van der Waals surface area contributed by atoms with Gasteiger partial charge in [-0.15, -0.1) is 17.8 Å².